The minimum atomic E-state index is -4.83. The van der Waals surface area contributed by atoms with E-state index in [9.17, 15) is 32.5 Å². The summed E-state index contributed by atoms with van der Waals surface area (Å²) in [4.78, 5) is 27.1. The number of amides is 1. The third-order valence-corrected chi connectivity index (χ3v) is 8.03. The van der Waals surface area contributed by atoms with Crippen molar-refractivity contribution in [2.24, 2.45) is 0 Å². The number of anilines is 2. The van der Waals surface area contributed by atoms with Gasteiger partial charge in [0, 0.05) is 49.7 Å². The molecule has 0 aromatic heterocycles. The van der Waals surface area contributed by atoms with Crippen molar-refractivity contribution in [3.63, 3.8) is 0 Å². The van der Waals surface area contributed by atoms with E-state index in [1.165, 1.54) is 18.2 Å². The van der Waals surface area contributed by atoms with Crippen molar-refractivity contribution >= 4 is 33.7 Å². The monoisotopic (exact) mass is 588 g/mol. The molecule has 3 aromatic rings. The number of alkyl halides is 3. The summed E-state index contributed by atoms with van der Waals surface area (Å²) in [6.07, 6.45) is -3.08. The van der Waals surface area contributed by atoms with Gasteiger partial charge in [0.2, 0.25) is 0 Å². The van der Waals surface area contributed by atoms with Gasteiger partial charge in [-0.2, -0.15) is 13.2 Å². The lowest BCUT2D eigenvalue weighted by atomic mass is 9.92. The van der Waals surface area contributed by atoms with E-state index in [1.807, 2.05) is 18.2 Å². The molecule has 5 rings (SSSR count). The van der Waals surface area contributed by atoms with E-state index in [4.69, 9.17) is 4.74 Å². The maximum atomic E-state index is 13.5. The molecule has 3 aromatic carbocycles. The summed E-state index contributed by atoms with van der Waals surface area (Å²) in [5.74, 6) is -0.344. The number of benzene rings is 3. The van der Waals surface area contributed by atoms with Crippen LogP contribution in [0.1, 0.15) is 38.2 Å². The molecule has 0 radical (unpaired) electrons. The molecule has 0 bridgehead atoms. The fraction of sp³-hybridized carbons (Fsp3) is 0.433. The molecule has 1 saturated heterocycles. The van der Waals surface area contributed by atoms with Crippen molar-refractivity contribution in [1.29, 1.82) is 0 Å². The van der Waals surface area contributed by atoms with Gasteiger partial charge in [-0.3, -0.25) is 14.9 Å². The normalized spacial score (nSPS) is 20.4. The highest BCUT2D eigenvalue weighted by molar-refractivity contribution is 5.86. The quantitative estimate of drug-likeness (QED) is 0.196. The van der Waals surface area contributed by atoms with Crippen LogP contribution in [0.5, 0.6) is 0 Å². The average molecular weight is 589 g/mol. The Bertz CT molecular complexity index is 1450. The van der Waals surface area contributed by atoms with E-state index in [2.05, 4.69) is 10.2 Å². The maximum Gasteiger partial charge on any atom is 0.423 e. The standard InChI is InChI=1S/C30H32F4N4O4/c1-19(29(39)37-14-12-36(13-15-37)25-8-3-20-16-22(31)4-2-21(20)17-25)42-26-9-5-23(6-10-26)35-24-7-11-28(38(40)41)27(18-24)30(32,33)34/h2-4,7-8,11,16-19,23,26,35H,5-6,9-10,12-15H2,1H3. The highest BCUT2D eigenvalue weighted by Gasteiger charge is 2.38. The van der Waals surface area contributed by atoms with Crippen LogP contribution < -0.4 is 10.2 Å². The van der Waals surface area contributed by atoms with Crippen LogP contribution in [0.25, 0.3) is 10.8 Å². The summed E-state index contributed by atoms with van der Waals surface area (Å²) in [5, 5.41) is 15.9. The lowest BCUT2D eigenvalue weighted by Gasteiger charge is -2.38. The van der Waals surface area contributed by atoms with Gasteiger partial charge in [-0.1, -0.05) is 12.1 Å². The number of nitrogens with one attached hydrogen (secondary N) is 1. The van der Waals surface area contributed by atoms with Crippen molar-refractivity contribution in [1.82, 2.24) is 4.90 Å². The van der Waals surface area contributed by atoms with E-state index in [-0.39, 0.29) is 29.6 Å². The molecular formula is C30H32F4N4O4. The number of piperazine rings is 1. The van der Waals surface area contributed by atoms with Gasteiger partial charge in [-0.25, -0.2) is 4.39 Å². The molecule has 2 aliphatic rings. The predicted molar refractivity (Wildman–Crippen MR) is 151 cm³/mol. The number of ether oxygens (including phenoxy) is 1. The Labute approximate surface area is 240 Å². The molecule has 0 spiro atoms. The molecular weight excluding hydrogens is 556 g/mol. The van der Waals surface area contributed by atoms with Gasteiger partial charge in [0.1, 0.15) is 17.5 Å². The molecule has 1 N–H and O–H groups in total. The van der Waals surface area contributed by atoms with Crippen molar-refractivity contribution in [2.75, 3.05) is 36.4 Å². The van der Waals surface area contributed by atoms with E-state index in [0.29, 0.717) is 51.9 Å². The highest BCUT2D eigenvalue weighted by atomic mass is 19.4. The lowest BCUT2D eigenvalue weighted by Crippen LogP contribution is -2.52. The number of fused-ring (bicyclic) bond motifs is 1. The Morgan fingerprint density at radius 1 is 0.976 bits per heavy atom. The van der Waals surface area contributed by atoms with Gasteiger partial charge in [-0.15, -0.1) is 0 Å². The minimum Gasteiger partial charge on any atom is -0.382 e. The molecule has 1 amide bonds. The largest absolute Gasteiger partial charge is 0.423 e. The van der Waals surface area contributed by atoms with Crippen LogP contribution in [-0.2, 0) is 15.7 Å². The Kier molecular flexibility index (Phi) is 8.53. The Morgan fingerprint density at radius 3 is 2.31 bits per heavy atom. The maximum absolute atomic E-state index is 13.5. The van der Waals surface area contributed by atoms with Gasteiger partial charge in [0.15, 0.2) is 0 Å². The van der Waals surface area contributed by atoms with Gasteiger partial charge in [0.25, 0.3) is 11.6 Å². The number of hydrogen-bond donors (Lipinski definition) is 1. The highest BCUT2D eigenvalue weighted by Crippen LogP contribution is 2.38. The first kappa shape index (κ1) is 29.6. The SMILES string of the molecule is CC(OC1CCC(Nc2ccc([N+](=O)[O-])c(C(F)(F)F)c2)CC1)C(=O)N1CCN(c2ccc3cc(F)ccc3c2)CC1. The van der Waals surface area contributed by atoms with Crippen molar-refractivity contribution in [3.05, 3.63) is 76.1 Å². The second kappa shape index (κ2) is 12.1. The third-order valence-electron chi connectivity index (χ3n) is 8.03. The zero-order valence-electron chi connectivity index (χ0n) is 23.1. The number of hydrogen-bond acceptors (Lipinski definition) is 6. The van der Waals surface area contributed by atoms with Crippen LogP contribution in [0, 0.1) is 15.9 Å². The molecule has 1 heterocycles. The molecule has 224 valence electrons. The van der Waals surface area contributed by atoms with Crippen molar-refractivity contribution in [2.45, 2.75) is 57.0 Å². The molecule has 1 saturated carbocycles. The average Bonchev–Trinajstić information content (AvgIpc) is 2.97. The fourth-order valence-electron chi connectivity index (χ4n) is 5.78. The van der Waals surface area contributed by atoms with Crippen LogP contribution >= 0.6 is 0 Å². The fourth-order valence-corrected chi connectivity index (χ4v) is 5.78. The first-order valence-electron chi connectivity index (χ1n) is 14.0. The Morgan fingerprint density at radius 2 is 1.64 bits per heavy atom. The molecule has 1 unspecified atom stereocenters. The number of nitro benzene ring substituents is 1. The zero-order valence-corrected chi connectivity index (χ0v) is 23.1. The van der Waals surface area contributed by atoms with Crippen LogP contribution in [0.2, 0.25) is 0 Å². The first-order chi connectivity index (χ1) is 20.0. The summed E-state index contributed by atoms with van der Waals surface area (Å²) in [7, 11) is 0. The topological polar surface area (TPSA) is 87.9 Å². The van der Waals surface area contributed by atoms with Crippen LogP contribution in [0.3, 0.4) is 0 Å². The third kappa shape index (κ3) is 6.75. The molecule has 42 heavy (non-hydrogen) atoms. The van der Waals surface area contributed by atoms with E-state index in [1.54, 1.807) is 17.9 Å². The van der Waals surface area contributed by atoms with Crippen LogP contribution in [-0.4, -0.2) is 60.2 Å². The second-order valence-corrected chi connectivity index (χ2v) is 10.9. The van der Waals surface area contributed by atoms with Gasteiger partial charge >= 0.3 is 6.18 Å². The molecule has 8 nitrogen and oxygen atoms in total. The first-order valence-corrected chi connectivity index (χ1v) is 14.0. The number of halogens is 4. The number of carbonyl (C=O) groups excluding carboxylic acids is 1. The molecule has 1 atom stereocenters. The predicted octanol–water partition coefficient (Wildman–Crippen LogP) is 6.38. The van der Waals surface area contributed by atoms with E-state index < -0.39 is 28.5 Å². The summed E-state index contributed by atoms with van der Waals surface area (Å²) in [5.41, 5.74) is -1.05. The minimum absolute atomic E-state index is 0.0746. The second-order valence-electron chi connectivity index (χ2n) is 10.9. The number of rotatable bonds is 7. The summed E-state index contributed by atoms with van der Waals surface area (Å²) in [6, 6.07) is 13.4. The molecule has 1 aliphatic heterocycles. The zero-order chi connectivity index (χ0) is 30.0. The van der Waals surface area contributed by atoms with Gasteiger partial charge in [-0.05, 0) is 79.8 Å². The van der Waals surface area contributed by atoms with Crippen LogP contribution in [0.4, 0.5) is 34.6 Å². The van der Waals surface area contributed by atoms with Gasteiger partial charge < -0.3 is 19.9 Å². The van der Waals surface area contributed by atoms with Gasteiger partial charge in [0.05, 0.1) is 11.0 Å². The molecule has 1 aliphatic carbocycles. The van der Waals surface area contributed by atoms with Crippen molar-refractivity contribution < 1.29 is 32.0 Å². The lowest BCUT2D eigenvalue weighted by molar-refractivity contribution is -0.388. The summed E-state index contributed by atoms with van der Waals surface area (Å²) < 4.78 is 59.5. The van der Waals surface area contributed by atoms with E-state index >= 15 is 0 Å². The summed E-state index contributed by atoms with van der Waals surface area (Å²) in [6.45, 7) is 4.19. The van der Waals surface area contributed by atoms with Crippen molar-refractivity contribution in [3.8, 4) is 0 Å². The number of nitrogens with zero attached hydrogens (tertiary/aromatic N) is 3. The summed E-state index contributed by atoms with van der Waals surface area (Å²) >= 11 is 0. The molecule has 12 heteroatoms. The Balaban J connectivity index is 1.08. The smallest absolute Gasteiger partial charge is 0.382 e. The number of carbonyl (C=O) groups is 1. The molecule has 2 fully saturated rings. The Hall–Kier alpha value is -3.93. The van der Waals surface area contributed by atoms with E-state index in [0.717, 1.165) is 28.6 Å². The number of nitro groups is 1. The van der Waals surface area contributed by atoms with Crippen LogP contribution in [0.15, 0.2) is 54.6 Å².